The molecular formula is C16H30IN5O3S. The van der Waals surface area contributed by atoms with Gasteiger partial charge in [-0.25, -0.2) is 12.7 Å². The maximum absolute atomic E-state index is 11.6. The molecule has 0 radical (unpaired) electrons. The molecule has 0 aromatic heterocycles. The minimum absolute atomic E-state index is 0. The van der Waals surface area contributed by atoms with Crippen LogP contribution in [-0.4, -0.2) is 82.1 Å². The molecule has 150 valence electrons. The van der Waals surface area contributed by atoms with Crippen LogP contribution >= 0.6 is 24.0 Å². The predicted molar refractivity (Wildman–Crippen MR) is 112 cm³/mol. The first-order chi connectivity index (χ1) is 11.8. The van der Waals surface area contributed by atoms with Crippen molar-refractivity contribution in [3.8, 4) is 0 Å². The molecule has 0 aliphatic carbocycles. The molecule has 0 aromatic carbocycles. The second-order valence-electron chi connectivity index (χ2n) is 7.68. The average molecular weight is 499 g/mol. The monoisotopic (exact) mass is 499 g/mol. The summed E-state index contributed by atoms with van der Waals surface area (Å²) in [5, 5.41) is 6.38. The highest BCUT2D eigenvalue weighted by Gasteiger charge is 2.42. The Balaban J connectivity index is 0.00000243. The zero-order valence-electron chi connectivity index (χ0n) is 15.5. The van der Waals surface area contributed by atoms with Crippen molar-refractivity contribution in [1.82, 2.24) is 19.8 Å². The molecule has 3 aliphatic rings. The van der Waals surface area contributed by atoms with Gasteiger partial charge < -0.3 is 15.5 Å². The van der Waals surface area contributed by atoms with Gasteiger partial charge in [0.05, 0.1) is 6.26 Å². The number of carbonyl (C=O) groups is 1. The van der Waals surface area contributed by atoms with Crippen LogP contribution in [0.3, 0.4) is 0 Å². The van der Waals surface area contributed by atoms with E-state index in [0.29, 0.717) is 25.4 Å². The molecule has 2 unspecified atom stereocenters. The number of guanidine groups is 1. The molecule has 8 nitrogen and oxygen atoms in total. The fraction of sp³-hybridized carbons (Fsp3) is 0.875. The lowest BCUT2D eigenvalue weighted by Crippen LogP contribution is -2.52. The van der Waals surface area contributed by atoms with Crippen molar-refractivity contribution >= 4 is 45.9 Å². The highest BCUT2D eigenvalue weighted by Crippen LogP contribution is 2.36. The van der Waals surface area contributed by atoms with E-state index in [-0.39, 0.29) is 35.3 Å². The van der Waals surface area contributed by atoms with Crippen molar-refractivity contribution < 1.29 is 13.2 Å². The first-order valence-corrected chi connectivity index (χ1v) is 10.8. The smallest absolute Gasteiger partial charge is 0.220 e. The van der Waals surface area contributed by atoms with Crippen LogP contribution in [0.15, 0.2) is 4.99 Å². The molecule has 3 fully saturated rings. The van der Waals surface area contributed by atoms with Gasteiger partial charge in [0.15, 0.2) is 5.96 Å². The maximum atomic E-state index is 11.6. The van der Waals surface area contributed by atoms with Gasteiger partial charge in [0, 0.05) is 58.2 Å². The van der Waals surface area contributed by atoms with Crippen LogP contribution in [-0.2, 0) is 14.8 Å². The zero-order chi connectivity index (χ0) is 18.1. The second-order valence-corrected chi connectivity index (χ2v) is 9.66. The van der Waals surface area contributed by atoms with Crippen LogP contribution in [0.4, 0.5) is 0 Å². The molecule has 0 bridgehead atoms. The molecule has 1 spiro atoms. The lowest BCUT2D eigenvalue weighted by molar-refractivity contribution is -0.119. The third-order valence-corrected chi connectivity index (χ3v) is 6.90. The van der Waals surface area contributed by atoms with Gasteiger partial charge in [0.25, 0.3) is 0 Å². The summed E-state index contributed by atoms with van der Waals surface area (Å²) in [7, 11) is -1.32. The second kappa shape index (κ2) is 8.59. The van der Waals surface area contributed by atoms with E-state index in [1.165, 1.54) is 6.26 Å². The molecule has 2 N–H and O–H groups in total. The molecule has 3 aliphatic heterocycles. The number of nitrogens with zero attached hydrogens (tertiary/aromatic N) is 3. The Bertz CT molecular complexity index is 656. The minimum atomic E-state index is -3.09. The normalized spacial score (nSPS) is 30.4. The van der Waals surface area contributed by atoms with Gasteiger partial charge in [-0.1, -0.05) is 0 Å². The molecule has 3 heterocycles. The molecule has 2 atom stereocenters. The number of halogens is 1. The van der Waals surface area contributed by atoms with E-state index < -0.39 is 10.0 Å². The summed E-state index contributed by atoms with van der Waals surface area (Å²) in [6.45, 7) is 4.43. The predicted octanol–water partition coefficient (Wildman–Crippen LogP) is 0.0634. The lowest BCUT2D eigenvalue weighted by atomic mass is 9.79. The number of hydrogen-bond donors (Lipinski definition) is 2. The number of piperidine rings is 1. The first kappa shape index (κ1) is 21.7. The fourth-order valence-electron chi connectivity index (χ4n) is 4.26. The Kier molecular flexibility index (Phi) is 7.16. The standard InChI is InChI=1S/C16H29N5O3S.HI/c1-17-15(18-9-13-4-7-21(10-13)25(2,23)24)20-6-3-5-16(12-20)8-14(22)19-11-16;/h13H,3-12H2,1-2H3,(H,17,18)(H,19,22);1H. The zero-order valence-corrected chi connectivity index (χ0v) is 18.7. The van der Waals surface area contributed by atoms with Gasteiger partial charge in [-0.3, -0.25) is 9.79 Å². The van der Waals surface area contributed by atoms with Crippen molar-refractivity contribution in [2.24, 2.45) is 16.3 Å². The van der Waals surface area contributed by atoms with Crippen LogP contribution < -0.4 is 10.6 Å². The summed E-state index contributed by atoms with van der Waals surface area (Å²) in [5.74, 6) is 1.31. The Hall–Kier alpha value is -0.620. The minimum Gasteiger partial charge on any atom is -0.356 e. The summed E-state index contributed by atoms with van der Waals surface area (Å²) in [6.07, 6.45) is 4.88. The maximum Gasteiger partial charge on any atom is 0.220 e. The number of likely N-dealkylation sites (tertiary alicyclic amines) is 1. The summed E-state index contributed by atoms with van der Waals surface area (Å²) in [5.41, 5.74) is 0.0351. The lowest BCUT2D eigenvalue weighted by Gasteiger charge is -2.41. The van der Waals surface area contributed by atoms with Crippen LogP contribution in [0.5, 0.6) is 0 Å². The van der Waals surface area contributed by atoms with Gasteiger partial charge in [-0.15, -0.1) is 24.0 Å². The number of amides is 1. The summed E-state index contributed by atoms with van der Waals surface area (Å²) < 4.78 is 24.8. The third-order valence-electron chi connectivity index (χ3n) is 5.64. The van der Waals surface area contributed by atoms with Crippen LogP contribution in [0.1, 0.15) is 25.7 Å². The molecule has 3 rings (SSSR count). The highest BCUT2D eigenvalue weighted by molar-refractivity contribution is 14.0. The topological polar surface area (TPSA) is 94.1 Å². The first-order valence-electron chi connectivity index (χ1n) is 8.99. The number of aliphatic imine (C=N–C) groups is 1. The number of nitrogens with one attached hydrogen (secondary N) is 2. The Labute approximate surface area is 173 Å². The Morgan fingerprint density at radius 3 is 2.77 bits per heavy atom. The van der Waals surface area contributed by atoms with Gasteiger partial charge in [0.2, 0.25) is 15.9 Å². The molecule has 0 saturated carbocycles. The fourth-order valence-corrected chi connectivity index (χ4v) is 5.18. The number of hydrogen-bond acceptors (Lipinski definition) is 4. The van der Waals surface area contributed by atoms with Gasteiger partial charge in [-0.05, 0) is 25.2 Å². The quantitative estimate of drug-likeness (QED) is 0.326. The SMILES string of the molecule is CN=C(NCC1CCN(S(C)(=O)=O)C1)N1CCCC2(CNC(=O)C2)C1.I. The van der Waals surface area contributed by atoms with Gasteiger partial charge in [0.1, 0.15) is 0 Å². The number of sulfonamides is 1. The van der Waals surface area contributed by atoms with E-state index in [4.69, 9.17) is 0 Å². The van der Waals surface area contributed by atoms with Gasteiger partial charge >= 0.3 is 0 Å². The van der Waals surface area contributed by atoms with Crippen molar-refractivity contribution in [2.45, 2.75) is 25.7 Å². The Morgan fingerprint density at radius 1 is 1.42 bits per heavy atom. The third kappa shape index (κ3) is 5.00. The van der Waals surface area contributed by atoms with Crippen molar-refractivity contribution in [1.29, 1.82) is 0 Å². The van der Waals surface area contributed by atoms with E-state index in [2.05, 4.69) is 20.5 Å². The average Bonchev–Trinajstić information content (AvgIpc) is 3.15. The molecule has 1 amide bonds. The highest BCUT2D eigenvalue weighted by atomic mass is 127. The molecule has 3 saturated heterocycles. The van der Waals surface area contributed by atoms with Crippen LogP contribution in [0.25, 0.3) is 0 Å². The summed E-state index contributed by atoms with van der Waals surface area (Å²) >= 11 is 0. The van der Waals surface area contributed by atoms with Crippen molar-refractivity contribution in [3.05, 3.63) is 0 Å². The van der Waals surface area contributed by atoms with E-state index in [9.17, 15) is 13.2 Å². The summed E-state index contributed by atoms with van der Waals surface area (Å²) in [6, 6.07) is 0. The van der Waals surface area contributed by atoms with E-state index in [1.54, 1.807) is 11.4 Å². The summed E-state index contributed by atoms with van der Waals surface area (Å²) in [4.78, 5) is 18.3. The van der Waals surface area contributed by atoms with Crippen molar-refractivity contribution in [3.63, 3.8) is 0 Å². The molecule has 26 heavy (non-hydrogen) atoms. The number of rotatable bonds is 3. The van der Waals surface area contributed by atoms with E-state index >= 15 is 0 Å². The van der Waals surface area contributed by atoms with Gasteiger partial charge in [-0.2, -0.15) is 0 Å². The van der Waals surface area contributed by atoms with Crippen LogP contribution in [0, 0.1) is 11.3 Å². The number of carbonyl (C=O) groups excluding carboxylic acids is 1. The Morgan fingerprint density at radius 2 is 2.19 bits per heavy atom. The van der Waals surface area contributed by atoms with E-state index in [1.807, 2.05) is 0 Å². The molecule has 0 aromatic rings. The van der Waals surface area contributed by atoms with Crippen LogP contribution in [0.2, 0.25) is 0 Å². The molecule has 10 heteroatoms. The largest absolute Gasteiger partial charge is 0.356 e. The molecular weight excluding hydrogens is 469 g/mol. The van der Waals surface area contributed by atoms with Crippen molar-refractivity contribution in [2.75, 3.05) is 52.6 Å². The van der Waals surface area contributed by atoms with E-state index in [0.717, 1.165) is 51.4 Å².